The molecule has 1 N–H and O–H groups in total. The number of ether oxygens (including phenoxy) is 5. The lowest BCUT2D eigenvalue weighted by atomic mass is 10.1. The van der Waals surface area contributed by atoms with Crippen molar-refractivity contribution in [2.45, 2.75) is 77.3 Å². The van der Waals surface area contributed by atoms with E-state index in [-0.39, 0.29) is 24.5 Å². The molecule has 0 atom stereocenters. The Bertz CT molecular complexity index is 1020. The van der Waals surface area contributed by atoms with Crippen LogP contribution in [0.25, 0.3) is 0 Å². The molecule has 2 aromatic rings. The van der Waals surface area contributed by atoms with Crippen molar-refractivity contribution in [1.82, 2.24) is 0 Å². The molecule has 0 radical (unpaired) electrons. The van der Waals surface area contributed by atoms with Crippen molar-refractivity contribution in [2.75, 3.05) is 64.8 Å². The Morgan fingerprint density at radius 2 is 1.16 bits per heavy atom. The highest BCUT2D eigenvalue weighted by atomic mass is 19.4. The first-order chi connectivity index (χ1) is 21.4. The van der Waals surface area contributed by atoms with Crippen molar-refractivity contribution in [2.24, 2.45) is 0 Å². The van der Waals surface area contributed by atoms with Crippen molar-refractivity contribution in [3.8, 4) is 0 Å². The van der Waals surface area contributed by atoms with Gasteiger partial charge in [-0.3, -0.25) is 0 Å². The summed E-state index contributed by atoms with van der Waals surface area (Å²) in [5.74, 6) is -0.607. The highest BCUT2D eigenvalue weighted by Gasteiger charge is 2.30. The summed E-state index contributed by atoms with van der Waals surface area (Å²) in [6, 6.07) is 11.2. The van der Waals surface area contributed by atoms with Crippen molar-refractivity contribution in [3.05, 3.63) is 59.7 Å². The highest BCUT2D eigenvalue weighted by Crippen LogP contribution is 2.32. The molecule has 0 spiro atoms. The minimum Gasteiger partial charge on any atom is -0.460 e. The first kappa shape index (κ1) is 37.5. The number of anilines is 2. The number of halogens is 3. The van der Waals surface area contributed by atoms with Gasteiger partial charge in [0.05, 0.1) is 63.1 Å². The van der Waals surface area contributed by atoms with E-state index in [0.29, 0.717) is 45.3 Å². The molecule has 0 saturated carbocycles. The van der Waals surface area contributed by atoms with Crippen LogP contribution in [0.2, 0.25) is 0 Å². The lowest BCUT2D eigenvalue weighted by Gasteiger charge is -2.13. The topological polar surface area (TPSA) is 75.2 Å². The number of para-hydroxylation sites is 1. The van der Waals surface area contributed by atoms with E-state index in [4.69, 9.17) is 23.7 Å². The maximum Gasteiger partial charge on any atom is 0.416 e. The molecule has 0 bridgehead atoms. The lowest BCUT2D eigenvalue weighted by molar-refractivity contribution is -0.137. The molecule has 0 saturated heterocycles. The molecule has 0 unspecified atom stereocenters. The van der Waals surface area contributed by atoms with Crippen LogP contribution in [0.4, 0.5) is 24.5 Å². The van der Waals surface area contributed by atoms with Gasteiger partial charge in [0.15, 0.2) is 0 Å². The molecule has 0 heterocycles. The molecule has 0 aliphatic carbocycles. The fourth-order valence-corrected chi connectivity index (χ4v) is 4.42. The van der Waals surface area contributed by atoms with Gasteiger partial charge in [0, 0.05) is 12.3 Å². The molecule has 0 aliphatic heterocycles. The van der Waals surface area contributed by atoms with Gasteiger partial charge in [-0.2, -0.15) is 13.2 Å². The summed E-state index contributed by atoms with van der Waals surface area (Å²) in [5, 5.41) is 2.87. The molecule has 0 aliphatic rings. The Kier molecular flexibility index (Phi) is 20.2. The maximum absolute atomic E-state index is 13.0. The van der Waals surface area contributed by atoms with E-state index in [2.05, 4.69) is 12.2 Å². The Balaban J connectivity index is 1.42. The smallest absolute Gasteiger partial charge is 0.416 e. The third-order valence-corrected chi connectivity index (χ3v) is 6.83. The third-order valence-electron chi connectivity index (χ3n) is 6.83. The third kappa shape index (κ3) is 17.6. The van der Waals surface area contributed by atoms with Gasteiger partial charge in [-0.05, 0) is 36.8 Å². The van der Waals surface area contributed by atoms with Crippen LogP contribution in [0.5, 0.6) is 0 Å². The average molecular weight is 626 g/mol. The van der Waals surface area contributed by atoms with Crippen LogP contribution in [0.3, 0.4) is 0 Å². The highest BCUT2D eigenvalue weighted by molar-refractivity contribution is 5.96. The van der Waals surface area contributed by atoms with Gasteiger partial charge in [-0.25, -0.2) is 4.79 Å². The van der Waals surface area contributed by atoms with Crippen LogP contribution < -0.4 is 5.32 Å². The van der Waals surface area contributed by atoms with Gasteiger partial charge in [0.1, 0.15) is 6.61 Å². The van der Waals surface area contributed by atoms with E-state index >= 15 is 0 Å². The molecule has 0 aromatic heterocycles. The van der Waals surface area contributed by atoms with Crippen molar-refractivity contribution >= 4 is 17.3 Å². The summed E-state index contributed by atoms with van der Waals surface area (Å²) in [6.45, 7) is 6.03. The second-order valence-corrected chi connectivity index (χ2v) is 10.5. The Morgan fingerprint density at radius 1 is 0.636 bits per heavy atom. The molecule has 2 aromatic carbocycles. The Labute approximate surface area is 260 Å². The molecular formula is C34H50F3NO6. The average Bonchev–Trinajstić information content (AvgIpc) is 3.01. The van der Waals surface area contributed by atoms with Crippen LogP contribution >= 0.6 is 0 Å². The minimum atomic E-state index is -4.46. The SMILES string of the molecule is CCCCCCCCCCCCOCCOCCOCCOCCOC(=O)c1ccccc1Nc1cccc(C(F)(F)F)c1. The van der Waals surface area contributed by atoms with Gasteiger partial charge in [-0.1, -0.05) is 82.9 Å². The first-order valence-corrected chi connectivity index (χ1v) is 15.9. The molecule has 2 rings (SSSR count). The maximum atomic E-state index is 13.0. The predicted molar refractivity (Wildman–Crippen MR) is 167 cm³/mol. The minimum absolute atomic E-state index is 0.0267. The standard InChI is InChI=1S/C34H50F3NO6/c1-2-3-4-5-6-7-8-9-10-13-19-40-20-21-41-22-23-42-24-25-43-26-27-44-33(39)31-17-11-12-18-32(31)38-30-16-14-15-29(28-30)34(35,36)37/h11-12,14-18,28,38H,2-10,13,19-27H2,1H3. The van der Waals surface area contributed by atoms with Gasteiger partial charge in [-0.15, -0.1) is 0 Å². The zero-order chi connectivity index (χ0) is 31.7. The zero-order valence-corrected chi connectivity index (χ0v) is 26.1. The molecule has 10 heteroatoms. The fourth-order valence-electron chi connectivity index (χ4n) is 4.42. The predicted octanol–water partition coefficient (Wildman–Crippen LogP) is 8.59. The van der Waals surface area contributed by atoms with E-state index in [1.807, 2.05) is 0 Å². The van der Waals surface area contributed by atoms with Crippen molar-refractivity contribution in [1.29, 1.82) is 0 Å². The molecule has 7 nitrogen and oxygen atoms in total. The number of carbonyl (C=O) groups is 1. The second kappa shape index (κ2) is 23.7. The van der Waals surface area contributed by atoms with E-state index in [9.17, 15) is 18.0 Å². The van der Waals surface area contributed by atoms with Gasteiger partial charge in [0.25, 0.3) is 0 Å². The van der Waals surface area contributed by atoms with E-state index in [1.54, 1.807) is 24.3 Å². The van der Waals surface area contributed by atoms with Gasteiger partial charge in [0.2, 0.25) is 0 Å². The largest absolute Gasteiger partial charge is 0.460 e. The normalized spacial score (nSPS) is 11.5. The van der Waals surface area contributed by atoms with Gasteiger partial charge >= 0.3 is 12.1 Å². The summed E-state index contributed by atoms with van der Waals surface area (Å²) in [6.07, 6.45) is 8.66. The van der Waals surface area contributed by atoms with E-state index in [1.165, 1.54) is 69.9 Å². The Morgan fingerprint density at radius 3 is 1.75 bits per heavy atom. The lowest BCUT2D eigenvalue weighted by Crippen LogP contribution is -2.15. The number of unbranched alkanes of at least 4 members (excludes halogenated alkanes) is 9. The summed E-state index contributed by atoms with van der Waals surface area (Å²) >= 11 is 0. The molecule has 0 amide bonds. The monoisotopic (exact) mass is 625 g/mol. The van der Waals surface area contributed by atoms with Crippen LogP contribution in [-0.2, 0) is 29.9 Å². The van der Waals surface area contributed by atoms with Crippen LogP contribution in [0.1, 0.15) is 87.1 Å². The summed E-state index contributed by atoms with van der Waals surface area (Å²) in [7, 11) is 0. The number of alkyl halides is 3. The van der Waals surface area contributed by atoms with E-state index in [0.717, 1.165) is 25.2 Å². The second-order valence-electron chi connectivity index (χ2n) is 10.5. The Hall–Kier alpha value is -2.66. The first-order valence-electron chi connectivity index (χ1n) is 15.9. The van der Waals surface area contributed by atoms with E-state index < -0.39 is 17.7 Å². The van der Waals surface area contributed by atoms with Crippen molar-refractivity contribution < 1.29 is 41.7 Å². The van der Waals surface area contributed by atoms with Gasteiger partial charge < -0.3 is 29.0 Å². The summed E-state index contributed by atoms with van der Waals surface area (Å²) in [4.78, 5) is 12.6. The number of hydrogen-bond acceptors (Lipinski definition) is 7. The number of hydrogen-bond donors (Lipinski definition) is 1. The number of rotatable bonds is 26. The quantitative estimate of drug-likeness (QED) is 0.0829. The molecule has 0 fully saturated rings. The summed E-state index contributed by atoms with van der Waals surface area (Å²) in [5.41, 5.74) is -0.0241. The summed E-state index contributed by atoms with van der Waals surface area (Å²) < 4.78 is 66.4. The number of nitrogens with one attached hydrogen (secondary N) is 1. The van der Waals surface area contributed by atoms with Crippen LogP contribution in [-0.4, -0.2) is 65.4 Å². The van der Waals surface area contributed by atoms with Crippen LogP contribution in [0.15, 0.2) is 48.5 Å². The van der Waals surface area contributed by atoms with Crippen LogP contribution in [0, 0.1) is 0 Å². The number of esters is 1. The molecule has 248 valence electrons. The number of carbonyl (C=O) groups excluding carboxylic acids is 1. The fraction of sp³-hybridized carbons (Fsp3) is 0.618. The molecular weight excluding hydrogens is 575 g/mol. The number of benzene rings is 2. The van der Waals surface area contributed by atoms with Crippen molar-refractivity contribution in [3.63, 3.8) is 0 Å². The molecule has 44 heavy (non-hydrogen) atoms. The zero-order valence-electron chi connectivity index (χ0n) is 26.1.